The smallest absolute Gasteiger partial charge is 0.190 e. The summed E-state index contributed by atoms with van der Waals surface area (Å²) in [7, 11) is 1.80. The number of nitrogens with one attached hydrogen (secondary N) is 2. The van der Waals surface area contributed by atoms with Crippen molar-refractivity contribution in [3.63, 3.8) is 0 Å². The van der Waals surface area contributed by atoms with Gasteiger partial charge in [0.15, 0.2) is 5.96 Å². The molecule has 8 heteroatoms. The van der Waals surface area contributed by atoms with Crippen LogP contribution < -0.4 is 10.6 Å². The van der Waals surface area contributed by atoms with Gasteiger partial charge in [0.1, 0.15) is 5.82 Å². The molecule has 0 aliphatic heterocycles. The highest BCUT2D eigenvalue weighted by atomic mass is 127. The highest BCUT2D eigenvalue weighted by molar-refractivity contribution is 14.0. The van der Waals surface area contributed by atoms with Crippen LogP contribution in [0.2, 0.25) is 0 Å². The van der Waals surface area contributed by atoms with Gasteiger partial charge in [-0.15, -0.1) is 35.3 Å². The van der Waals surface area contributed by atoms with Crippen molar-refractivity contribution in [1.82, 2.24) is 25.2 Å². The third-order valence-electron chi connectivity index (χ3n) is 4.26. The first-order valence-electron chi connectivity index (χ1n) is 8.95. The maximum atomic E-state index is 4.62. The van der Waals surface area contributed by atoms with E-state index in [2.05, 4.69) is 60.7 Å². The van der Waals surface area contributed by atoms with Gasteiger partial charge in [-0.2, -0.15) is 0 Å². The van der Waals surface area contributed by atoms with Gasteiger partial charge in [-0.25, -0.2) is 9.97 Å². The summed E-state index contributed by atoms with van der Waals surface area (Å²) in [5.74, 6) is 1.90. The van der Waals surface area contributed by atoms with Crippen molar-refractivity contribution >= 4 is 52.3 Å². The third-order valence-corrected chi connectivity index (χ3v) is 5.08. The van der Waals surface area contributed by atoms with Crippen molar-refractivity contribution in [3.8, 4) is 0 Å². The Morgan fingerprint density at radius 1 is 1.15 bits per heavy atom. The predicted octanol–water partition coefficient (Wildman–Crippen LogP) is 3.53. The van der Waals surface area contributed by atoms with Crippen LogP contribution in [0.3, 0.4) is 0 Å². The molecule has 0 bridgehead atoms. The minimum Gasteiger partial charge on any atom is -0.356 e. The van der Waals surface area contributed by atoms with E-state index in [0.29, 0.717) is 0 Å². The van der Waals surface area contributed by atoms with E-state index in [1.165, 1.54) is 5.52 Å². The Labute approximate surface area is 181 Å². The molecule has 0 unspecified atom stereocenters. The minimum absolute atomic E-state index is 0. The molecule has 0 amide bonds. The first-order chi connectivity index (χ1) is 12.7. The number of hydrogen-bond acceptors (Lipinski definition) is 4. The second-order valence-electron chi connectivity index (χ2n) is 6.19. The Bertz CT molecular complexity index is 885. The summed E-state index contributed by atoms with van der Waals surface area (Å²) in [6.07, 6.45) is 1.92. The molecule has 6 nitrogen and oxygen atoms in total. The lowest BCUT2D eigenvalue weighted by atomic mass is 10.3. The molecule has 2 heterocycles. The van der Waals surface area contributed by atoms with Gasteiger partial charge in [0.05, 0.1) is 21.7 Å². The van der Waals surface area contributed by atoms with E-state index < -0.39 is 0 Å². The lowest BCUT2D eigenvalue weighted by molar-refractivity contribution is 0.624. The summed E-state index contributed by atoms with van der Waals surface area (Å²) in [4.78, 5) is 13.4. The van der Waals surface area contributed by atoms with Crippen LogP contribution in [0.25, 0.3) is 11.0 Å². The Morgan fingerprint density at radius 3 is 2.67 bits per heavy atom. The second-order valence-corrected chi connectivity index (χ2v) is 7.25. The zero-order valence-electron chi connectivity index (χ0n) is 16.0. The van der Waals surface area contributed by atoms with Crippen LogP contribution in [0.15, 0.2) is 34.6 Å². The lowest BCUT2D eigenvalue weighted by Gasteiger charge is -2.12. The Hall–Kier alpha value is -1.68. The molecule has 0 saturated heterocycles. The Kier molecular flexibility index (Phi) is 8.49. The average molecular weight is 498 g/mol. The molecule has 0 aliphatic rings. The number of fused-ring (bicyclic) bond motifs is 1. The van der Waals surface area contributed by atoms with Gasteiger partial charge in [0, 0.05) is 38.5 Å². The van der Waals surface area contributed by atoms with Crippen LogP contribution in [-0.4, -0.2) is 40.6 Å². The number of aryl methyl sites for hydroxylation is 3. The summed E-state index contributed by atoms with van der Waals surface area (Å²) in [6, 6.07) is 8.28. The molecule has 0 atom stereocenters. The number of imidazole rings is 1. The van der Waals surface area contributed by atoms with Crippen molar-refractivity contribution in [3.05, 3.63) is 46.2 Å². The van der Waals surface area contributed by atoms with Gasteiger partial charge in [-0.05, 0) is 32.4 Å². The quantitative estimate of drug-likeness (QED) is 0.227. The van der Waals surface area contributed by atoms with Gasteiger partial charge in [-0.3, -0.25) is 4.99 Å². The number of thiazole rings is 1. The molecular weight excluding hydrogens is 471 g/mol. The summed E-state index contributed by atoms with van der Waals surface area (Å²) in [5.41, 5.74) is 3.40. The topological polar surface area (TPSA) is 67.1 Å². The molecular formula is C19H27IN6S. The van der Waals surface area contributed by atoms with Crippen molar-refractivity contribution < 1.29 is 0 Å². The Morgan fingerprint density at radius 2 is 1.93 bits per heavy atom. The van der Waals surface area contributed by atoms with Crippen LogP contribution >= 0.6 is 35.3 Å². The van der Waals surface area contributed by atoms with Gasteiger partial charge in [-0.1, -0.05) is 12.1 Å². The molecule has 146 valence electrons. The van der Waals surface area contributed by atoms with E-state index in [1.54, 1.807) is 18.4 Å². The molecule has 3 rings (SSSR count). The molecule has 0 spiro atoms. The summed E-state index contributed by atoms with van der Waals surface area (Å²) < 4.78 is 2.28. The largest absolute Gasteiger partial charge is 0.356 e. The Balaban J connectivity index is 0.00000261. The third kappa shape index (κ3) is 5.90. The van der Waals surface area contributed by atoms with E-state index in [4.69, 9.17) is 0 Å². The van der Waals surface area contributed by atoms with Crippen LogP contribution in [0.5, 0.6) is 0 Å². The van der Waals surface area contributed by atoms with Crippen molar-refractivity contribution in [2.45, 2.75) is 33.2 Å². The number of benzene rings is 1. The monoisotopic (exact) mass is 498 g/mol. The van der Waals surface area contributed by atoms with Gasteiger partial charge >= 0.3 is 0 Å². The molecule has 27 heavy (non-hydrogen) atoms. The lowest BCUT2D eigenvalue weighted by Crippen LogP contribution is -2.39. The molecule has 1 aromatic carbocycles. The van der Waals surface area contributed by atoms with Crippen molar-refractivity contribution in [1.29, 1.82) is 0 Å². The van der Waals surface area contributed by atoms with Crippen LogP contribution in [0, 0.1) is 13.8 Å². The van der Waals surface area contributed by atoms with Gasteiger partial charge in [0.25, 0.3) is 0 Å². The molecule has 3 aromatic rings. The zero-order chi connectivity index (χ0) is 18.4. The van der Waals surface area contributed by atoms with Gasteiger partial charge in [0.2, 0.25) is 0 Å². The second kappa shape index (κ2) is 10.6. The normalized spacial score (nSPS) is 11.4. The zero-order valence-corrected chi connectivity index (χ0v) is 19.2. The summed E-state index contributed by atoms with van der Waals surface area (Å²) in [5, 5.41) is 9.96. The van der Waals surface area contributed by atoms with E-state index >= 15 is 0 Å². The highest BCUT2D eigenvalue weighted by Gasteiger charge is 2.06. The van der Waals surface area contributed by atoms with Crippen molar-refractivity contribution in [2.75, 3.05) is 20.1 Å². The number of rotatable bonds is 7. The SMILES string of the molecule is CN=C(NCCCn1c(C)nc2ccccc21)NCCc1csc(C)n1.I. The fourth-order valence-electron chi connectivity index (χ4n) is 2.97. The molecule has 0 fully saturated rings. The first kappa shape index (κ1) is 21.6. The average Bonchev–Trinajstić information content (AvgIpc) is 3.19. The molecule has 0 aliphatic carbocycles. The molecule has 0 saturated carbocycles. The minimum atomic E-state index is 0. The summed E-state index contributed by atoms with van der Waals surface area (Å²) in [6.45, 7) is 6.73. The van der Waals surface area contributed by atoms with Crippen LogP contribution in [-0.2, 0) is 13.0 Å². The number of aromatic nitrogens is 3. The number of para-hydroxylation sites is 2. The predicted molar refractivity (Wildman–Crippen MR) is 124 cm³/mol. The molecule has 2 N–H and O–H groups in total. The highest BCUT2D eigenvalue weighted by Crippen LogP contribution is 2.15. The maximum absolute atomic E-state index is 4.62. The number of aliphatic imine (C=N–C) groups is 1. The fourth-order valence-corrected chi connectivity index (χ4v) is 3.62. The number of hydrogen-bond donors (Lipinski definition) is 2. The van der Waals surface area contributed by atoms with Crippen LogP contribution in [0.4, 0.5) is 0 Å². The van der Waals surface area contributed by atoms with Gasteiger partial charge < -0.3 is 15.2 Å². The summed E-state index contributed by atoms with van der Waals surface area (Å²) >= 11 is 1.69. The van der Waals surface area contributed by atoms with E-state index in [-0.39, 0.29) is 24.0 Å². The number of guanidine groups is 1. The first-order valence-corrected chi connectivity index (χ1v) is 9.82. The number of halogens is 1. The van der Waals surface area contributed by atoms with Crippen molar-refractivity contribution in [2.24, 2.45) is 4.99 Å². The van der Waals surface area contributed by atoms with E-state index in [9.17, 15) is 0 Å². The number of nitrogens with zero attached hydrogens (tertiary/aromatic N) is 4. The maximum Gasteiger partial charge on any atom is 0.190 e. The van der Waals surface area contributed by atoms with E-state index in [0.717, 1.165) is 60.5 Å². The van der Waals surface area contributed by atoms with Crippen LogP contribution in [0.1, 0.15) is 22.9 Å². The molecule has 2 aromatic heterocycles. The molecule has 0 radical (unpaired) electrons. The fraction of sp³-hybridized carbons (Fsp3) is 0.421. The standard InChI is InChI=1S/C19H26N6S.HI/c1-14-23-17-7-4-5-8-18(17)25(14)12-6-10-21-19(20-3)22-11-9-16-13-26-15(2)24-16;/h4-5,7-8,13H,6,9-12H2,1-3H3,(H2,20,21,22);1H. The van der Waals surface area contributed by atoms with E-state index in [1.807, 2.05) is 13.0 Å².